The molecule has 2 heterocycles. The molecule has 3 aromatic rings. The van der Waals surface area contributed by atoms with E-state index >= 15 is 0 Å². The number of fused-ring (bicyclic) bond motifs is 1. The normalized spacial score (nSPS) is 11.9. The molecule has 1 aromatic carbocycles. The molecule has 0 aliphatic heterocycles. The number of pyridine rings is 1. The van der Waals surface area contributed by atoms with Crippen LogP contribution in [0.1, 0.15) is 56.6 Å². The maximum atomic E-state index is 14.7. The van der Waals surface area contributed by atoms with Crippen molar-refractivity contribution < 1.29 is 9.18 Å². The predicted molar refractivity (Wildman–Crippen MR) is 117 cm³/mol. The van der Waals surface area contributed by atoms with Gasteiger partial charge in [-0.2, -0.15) is 0 Å². The first-order chi connectivity index (χ1) is 13.5. The molecule has 0 aliphatic rings. The fourth-order valence-electron chi connectivity index (χ4n) is 3.06. The van der Waals surface area contributed by atoms with E-state index in [9.17, 15) is 9.18 Å². The Hall–Kier alpha value is -2.48. The number of halogens is 2. The minimum Gasteiger partial charge on any atom is -0.347 e. The average molecular weight is 462 g/mol. The number of anilines is 2. The lowest BCUT2D eigenvalue weighted by atomic mass is 10.0. The lowest BCUT2D eigenvalue weighted by molar-refractivity contribution is 0.0919. The van der Waals surface area contributed by atoms with E-state index in [-0.39, 0.29) is 17.6 Å². The van der Waals surface area contributed by atoms with Crippen molar-refractivity contribution in [1.82, 2.24) is 19.9 Å². The molecule has 0 unspecified atom stereocenters. The third kappa shape index (κ3) is 4.58. The number of imidazole rings is 1. The first kappa shape index (κ1) is 21.2. The van der Waals surface area contributed by atoms with Gasteiger partial charge in [0, 0.05) is 17.1 Å². The SMILES string of the molecule is Cc1cc(F)c(Nc2nc(Br)cc3ncn(C(C)C)c23)cc1C(=O)NC(C)(C)C. The zero-order chi connectivity index (χ0) is 21.5. The Morgan fingerprint density at radius 1 is 1.24 bits per heavy atom. The van der Waals surface area contributed by atoms with Gasteiger partial charge in [0.2, 0.25) is 0 Å². The Morgan fingerprint density at radius 2 is 1.93 bits per heavy atom. The predicted octanol–water partition coefficient (Wildman–Crippen LogP) is 5.49. The van der Waals surface area contributed by atoms with Crippen LogP contribution in [-0.2, 0) is 0 Å². The second-order valence-electron chi connectivity index (χ2n) is 8.38. The van der Waals surface area contributed by atoms with Crippen LogP contribution in [0.15, 0.2) is 29.1 Å². The molecular formula is C21H25BrFN5O. The average Bonchev–Trinajstić information content (AvgIpc) is 2.99. The summed E-state index contributed by atoms with van der Waals surface area (Å²) in [5, 5.41) is 5.98. The van der Waals surface area contributed by atoms with Crippen LogP contribution < -0.4 is 10.6 Å². The smallest absolute Gasteiger partial charge is 0.252 e. The molecule has 2 aromatic heterocycles. The van der Waals surface area contributed by atoms with Crippen LogP contribution in [-0.4, -0.2) is 26.0 Å². The minimum absolute atomic E-state index is 0.152. The third-order valence-corrected chi connectivity index (χ3v) is 4.78. The summed E-state index contributed by atoms with van der Waals surface area (Å²) in [6, 6.07) is 4.84. The van der Waals surface area contributed by atoms with E-state index in [2.05, 4.69) is 36.5 Å². The number of carbonyl (C=O) groups excluding carboxylic acids is 1. The van der Waals surface area contributed by atoms with Gasteiger partial charge in [-0.05, 0) is 81.2 Å². The van der Waals surface area contributed by atoms with Gasteiger partial charge in [-0.15, -0.1) is 0 Å². The van der Waals surface area contributed by atoms with Gasteiger partial charge in [-0.25, -0.2) is 14.4 Å². The minimum atomic E-state index is -0.458. The van der Waals surface area contributed by atoms with Crippen molar-refractivity contribution >= 4 is 44.4 Å². The van der Waals surface area contributed by atoms with Crippen molar-refractivity contribution in [2.45, 2.75) is 53.1 Å². The third-order valence-electron chi connectivity index (χ3n) is 4.38. The summed E-state index contributed by atoms with van der Waals surface area (Å²) < 4.78 is 17.3. The van der Waals surface area contributed by atoms with Gasteiger partial charge in [0.1, 0.15) is 15.9 Å². The second-order valence-corrected chi connectivity index (χ2v) is 9.20. The lowest BCUT2D eigenvalue weighted by Crippen LogP contribution is -2.40. The summed E-state index contributed by atoms with van der Waals surface area (Å²) in [5.41, 5.74) is 2.26. The first-order valence-corrected chi connectivity index (χ1v) is 10.2. The molecule has 0 saturated carbocycles. The fourth-order valence-corrected chi connectivity index (χ4v) is 3.45. The molecule has 3 rings (SSSR count). The first-order valence-electron chi connectivity index (χ1n) is 9.39. The summed E-state index contributed by atoms with van der Waals surface area (Å²) in [6.07, 6.45) is 1.74. The highest BCUT2D eigenvalue weighted by molar-refractivity contribution is 9.10. The van der Waals surface area contributed by atoms with Crippen LogP contribution in [0.4, 0.5) is 15.9 Å². The van der Waals surface area contributed by atoms with Crippen molar-refractivity contribution in [1.29, 1.82) is 0 Å². The number of rotatable bonds is 4. The van der Waals surface area contributed by atoms with Gasteiger partial charge in [0.15, 0.2) is 5.82 Å². The molecule has 29 heavy (non-hydrogen) atoms. The van der Waals surface area contributed by atoms with Crippen LogP contribution in [0.25, 0.3) is 11.0 Å². The molecule has 8 heteroatoms. The number of amides is 1. The number of carbonyl (C=O) groups is 1. The Labute approximate surface area is 178 Å². The molecule has 1 amide bonds. The number of benzene rings is 1. The molecule has 0 saturated heterocycles. The number of nitrogens with one attached hydrogen (secondary N) is 2. The second kappa shape index (κ2) is 7.74. The van der Waals surface area contributed by atoms with Crippen molar-refractivity contribution in [2.24, 2.45) is 0 Å². The molecule has 0 aliphatic carbocycles. The molecule has 0 fully saturated rings. The van der Waals surface area contributed by atoms with Crippen LogP contribution in [0, 0.1) is 12.7 Å². The van der Waals surface area contributed by atoms with Crippen LogP contribution in [0.5, 0.6) is 0 Å². The number of aromatic nitrogens is 3. The highest BCUT2D eigenvalue weighted by Gasteiger charge is 2.20. The summed E-state index contributed by atoms with van der Waals surface area (Å²) in [4.78, 5) is 21.6. The van der Waals surface area contributed by atoms with Gasteiger partial charge < -0.3 is 15.2 Å². The molecule has 6 nitrogen and oxygen atoms in total. The van der Waals surface area contributed by atoms with E-state index in [0.29, 0.717) is 21.5 Å². The Morgan fingerprint density at radius 3 is 2.55 bits per heavy atom. The highest BCUT2D eigenvalue weighted by atomic mass is 79.9. The zero-order valence-electron chi connectivity index (χ0n) is 17.4. The largest absolute Gasteiger partial charge is 0.347 e. The van der Waals surface area contributed by atoms with Crippen LogP contribution in [0.3, 0.4) is 0 Å². The quantitative estimate of drug-likeness (QED) is 0.503. The summed E-state index contributed by atoms with van der Waals surface area (Å²) in [7, 11) is 0. The molecule has 154 valence electrons. The van der Waals surface area contributed by atoms with E-state index < -0.39 is 11.4 Å². The monoisotopic (exact) mass is 461 g/mol. The van der Waals surface area contributed by atoms with E-state index in [4.69, 9.17) is 0 Å². The number of hydrogen-bond acceptors (Lipinski definition) is 4. The molecule has 2 N–H and O–H groups in total. The topological polar surface area (TPSA) is 71.8 Å². The summed E-state index contributed by atoms with van der Waals surface area (Å²) in [5.74, 6) is -0.247. The Kier molecular flexibility index (Phi) is 5.67. The Balaban J connectivity index is 2.08. The van der Waals surface area contributed by atoms with Gasteiger partial charge in [-0.1, -0.05) is 0 Å². The van der Waals surface area contributed by atoms with Gasteiger partial charge in [0.25, 0.3) is 5.91 Å². The maximum Gasteiger partial charge on any atom is 0.252 e. The summed E-state index contributed by atoms with van der Waals surface area (Å²) in [6.45, 7) is 11.5. The highest BCUT2D eigenvalue weighted by Crippen LogP contribution is 2.31. The van der Waals surface area contributed by atoms with Gasteiger partial charge in [-0.3, -0.25) is 4.79 Å². The van der Waals surface area contributed by atoms with Crippen molar-refractivity contribution in [3.8, 4) is 0 Å². The molecule has 0 spiro atoms. The van der Waals surface area contributed by atoms with E-state index in [1.807, 2.05) is 45.3 Å². The molecule has 0 bridgehead atoms. The molecule has 0 atom stereocenters. The van der Waals surface area contributed by atoms with Gasteiger partial charge >= 0.3 is 0 Å². The van der Waals surface area contributed by atoms with E-state index in [1.54, 1.807) is 13.3 Å². The number of aryl methyl sites for hydroxylation is 1. The van der Waals surface area contributed by atoms with Crippen molar-refractivity contribution in [3.05, 3.63) is 46.1 Å². The van der Waals surface area contributed by atoms with Crippen molar-refractivity contribution in [3.63, 3.8) is 0 Å². The summed E-state index contributed by atoms with van der Waals surface area (Å²) >= 11 is 3.39. The fraction of sp³-hybridized carbons (Fsp3) is 0.381. The van der Waals surface area contributed by atoms with E-state index in [1.165, 1.54) is 12.1 Å². The molecule has 0 radical (unpaired) electrons. The lowest BCUT2D eigenvalue weighted by Gasteiger charge is -2.21. The van der Waals surface area contributed by atoms with Crippen LogP contribution >= 0.6 is 15.9 Å². The van der Waals surface area contributed by atoms with E-state index in [0.717, 1.165) is 11.0 Å². The Bertz CT molecular complexity index is 1080. The number of hydrogen-bond donors (Lipinski definition) is 2. The number of nitrogens with zero attached hydrogens (tertiary/aromatic N) is 3. The van der Waals surface area contributed by atoms with Crippen LogP contribution in [0.2, 0.25) is 0 Å². The molecular weight excluding hydrogens is 437 g/mol. The van der Waals surface area contributed by atoms with Crippen molar-refractivity contribution in [2.75, 3.05) is 5.32 Å². The maximum absolute atomic E-state index is 14.7. The van der Waals surface area contributed by atoms with Gasteiger partial charge in [0.05, 0.1) is 17.5 Å². The standard InChI is InChI=1S/C21H25BrFN5O/c1-11(2)28-10-24-16-9-17(22)26-19(18(16)28)25-15-8-13(12(3)7-14(15)23)20(29)27-21(4,5)6/h7-11H,1-6H3,(H,25,26)(H,27,29). The zero-order valence-corrected chi connectivity index (χ0v) is 19.0.